The average Bonchev–Trinajstić information content (AvgIpc) is 2.42. The Morgan fingerprint density at radius 1 is 1.28 bits per heavy atom. The van der Waals surface area contributed by atoms with E-state index in [1.807, 2.05) is 7.05 Å². The molecule has 1 aliphatic rings. The molecule has 1 aliphatic carbocycles. The zero-order chi connectivity index (χ0) is 13.0. The van der Waals surface area contributed by atoms with Crippen molar-refractivity contribution >= 4 is 21.7 Å². The molecule has 0 unspecified atom stereocenters. The minimum Gasteiger partial charge on any atom is -0.378 e. The second-order valence-corrected chi connectivity index (χ2v) is 5.50. The van der Waals surface area contributed by atoms with Crippen LogP contribution in [-0.4, -0.2) is 24.1 Å². The van der Waals surface area contributed by atoms with Crippen molar-refractivity contribution in [1.82, 2.24) is 9.97 Å². The van der Waals surface area contributed by atoms with E-state index in [0.29, 0.717) is 12.5 Å². The Morgan fingerprint density at radius 2 is 2.00 bits per heavy atom. The second-order valence-electron chi connectivity index (χ2n) is 4.71. The number of nitrogens with one attached hydrogen (secondary N) is 1. The number of halogens is 1. The largest absolute Gasteiger partial charge is 0.378 e. The topological polar surface area (TPSA) is 47.0 Å². The van der Waals surface area contributed by atoms with Gasteiger partial charge in [-0.15, -0.1) is 0 Å². The zero-order valence-corrected chi connectivity index (χ0v) is 12.6. The summed E-state index contributed by atoms with van der Waals surface area (Å²) in [6, 6.07) is 0. The van der Waals surface area contributed by atoms with Crippen LogP contribution in [0.5, 0.6) is 0 Å². The van der Waals surface area contributed by atoms with Crippen LogP contribution >= 0.6 is 15.9 Å². The molecule has 4 nitrogen and oxygen atoms in total. The maximum absolute atomic E-state index is 5.20. The molecule has 0 saturated heterocycles. The van der Waals surface area contributed by atoms with Crippen LogP contribution in [0.2, 0.25) is 0 Å². The van der Waals surface area contributed by atoms with E-state index in [0.717, 1.165) is 21.8 Å². The minimum atomic E-state index is 0.509. The van der Waals surface area contributed by atoms with E-state index in [-0.39, 0.29) is 0 Å². The van der Waals surface area contributed by atoms with Gasteiger partial charge in [0, 0.05) is 20.1 Å². The molecule has 0 amide bonds. The highest BCUT2D eigenvalue weighted by atomic mass is 79.9. The summed E-state index contributed by atoms with van der Waals surface area (Å²) in [5, 5.41) is 3.12. The van der Waals surface area contributed by atoms with Gasteiger partial charge >= 0.3 is 0 Å². The van der Waals surface area contributed by atoms with Crippen LogP contribution in [0.1, 0.15) is 49.5 Å². The highest BCUT2D eigenvalue weighted by Gasteiger charge is 2.21. The van der Waals surface area contributed by atoms with Crippen LogP contribution < -0.4 is 5.32 Å². The predicted octanol–water partition coefficient (Wildman–Crippen LogP) is 3.47. The number of aromatic nitrogens is 2. The van der Waals surface area contributed by atoms with Crippen molar-refractivity contribution in [3.63, 3.8) is 0 Å². The lowest BCUT2D eigenvalue weighted by Gasteiger charge is -2.21. The monoisotopic (exact) mass is 313 g/mol. The van der Waals surface area contributed by atoms with E-state index in [9.17, 15) is 0 Å². The van der Waals surface area contributed by atoms with Gasteiger partial charge in [0.2, 0.25) is 0 Å². The zero-order valence-electron chi connectivity index (χ0n) is 11.0. The van der Waals surface area contributed by atoms with Crippen LogP contribution in [0.3, 0.4) is 0 Å². The number of nitrogens with zero attached hydrogens (tertiary/aromatic N) is 2. The molecule has 1 aromatic heterocycles. The van der Waals surface area contributed by atoms with E-state index in [2.05, 4.69) is 31.2 Å². The minimum absolute atomic E-state index is 0.509. The van der Waals surface area contributed by atoms with Crippen LogP contribution in [-0.2, 0) is 11.3 Å². The van der Waals surface area contributed by atoms with E-state index in [4.69, 9.17) is 4.74 Å². The van der Waals surface area contributed by atoms with Crippen molar-refractivity contribution in [2.75, 3.05) is 19.5 Å². The summed E-state index contributed by atoms with van der Waals surface area (Å²) < 4.78 is 6.11. The highest BCUT2D eigenvalue weighted by Crippen LogP contribution is 2.33. The average molecular weight is 314 g/mol. The molecule has 1 aromatic rings. The fourth-order valence-corrected chi connectivity index (χ4v) is 2.94. The highest BCUT2D eigenvalue weighted by molar-refractivity contribution is 9.10. The van der Waals surface area contributed by atoms with Crippen molar-refractivity contribution in [3.8, 4) is 0 Å². The summed E-state index contributed by atoms with van der Waals surface area (Å²) >= 11 is 3.53. The summed E-state index contributed by atoms with van der Waals surface area (Å²) in [7, 11) is 3.57. The van der Waals surface area contributed by atoms with Gasteiger partial charge < -0.3 is 10.1 Å². The van der Waals surface area contributed by atoms with Crippen molar-refractivity contribution in [3.05, 3.63) is 16.0 Å². The van der Waals surface area contributed by atoms with Gasteiger partial charge in [0.05, 0.1) is 16.8 Å². The maximum Gasteiger partial charge on any atom is 0.144 e. The molecule has 5 heteroatoms. The van der Waals surface area contributed by atoms with E-state index in [1.54, 1.807) is 7.11 Å². The van der Waals surface area contributed by atoms with Gasteiger partial charge in [0.15, 0.2) is 0 Å². The van der Waals surface area contributed by atoms with Crippen molar-refractivity contribution in [2.24, 2.45) is 0 Å². The van der Waals surface area contributed by atoms with E-state index >= 15 is 0 Å². The summed E-state index contributed by atoms with van der Waals surface area (Å²) in [5.74, 6) is 2.33. The number of ether oxygens (including phenoxy) is 1. The van der Waals surface area contributed by atoms with Crippen LogP contribution in [0, 0.1) is 0 Å². The van der Waals surface area contributed by atoms with Crippen LogP contribution in [0.25, 0.3) is 0 Å². The van der Waals surface area contributed by atoms with Gasteiger partial charge in [-0.1, -0.05) is 19.3 Å². The lowest BCUT2D eigenvalue weighted by atomic mass is 9.88. The first-order valence-electron chi connectivity index (χ1n) is 6.49. The summed E-state index contributed by atoms with van der Waals surface area (Å²) in [5.41, 5.74) is 0.928. The van der Waals surface area contributed by atoms with Crippen molar-refractivity contribution < 1.29 is 4.74 Å². The third-order valence-corrected chi connectivity index (χ3v) is 4.26. The Balaban J connectivity index is 2.31. The van der Waals surface area contributed by atoms with Gasteiger partial charge in [0.1, 0.15) is 11.6 Å². The number of rotatable bonds is 4. The summed E-state index contributed by atoms with van der Waals surface area (Å²) in [4.78, 5) is 9.30. The van der Waals surface area contributed by atoms with Crippen LogP contribution in [0.4, 0.5) is 5.82 Å². The molecule has 0 bridgehead atoms. The first kappa shape index (κ1) is 13.7. The molecule has 1 N–H and O–H groups in total. The van der Waals surface area contributed by atoms with Gasteiger partial charge in [-0.2, -0.15) is 0 Å². The molecule has 0 spiro atoms. The summed E-state index contributed by atoms with van der Waals surface area (Å²) in [6.45, 7) is 0.511. The number of anilines is 1. The number of methoxy groups -OCH3 is 1. The van der Waals surface area contributed by atoms with E-state index < -0.39 is 0 Å². The standard InChI is InChI=1S/C13H20BrN3O/c1-15-13-11(14)10(8-18-2)16-12(17-13)9-6-4-3-5-7-9/h9H,3-8H2,1-2H3,(H,15,16,17). The maximum atomic E-state index is 5.20. The van der Waals surface area contributed by atoms with E-state index in [1.165, 1.54) is 32.1 Å². The third-order valence-electron chi connectivity index (χ3n) is 3.43. The Labute approximate surface area is 117 Å². The van der Waals surface area contributed by atoms with Crippen LogP contribution in [0.15, 0.2) is 4.47 Å². The normalized spacial score (nSPS) is 16.8. The molecule has 1 fully saturated rings. The third kappa shape index (κ3) is 3.01. The summed E-state index contributed by atoms with van der Waals surface area (Å²) in [6.07, 6.45) is 6.34. The molecule has 0 aliphatic heterocycles. The Morgan fingerprint density at radius 3 is 2.61 bits per heavy atom. The first-order valence-corrected chi connectivity index (χ1v) is 7.28. The lowest BCUT2D eigenvalue weighted by Crippen LogP contribution is -2.13. The molecule has 18 heavy (non-hydrogen) atoms. The van der Waals surface area contributed by atoms with Crippen molar-refractivity contribution in [2.45, 2.75) is 44.6 Å². The quantitative estimate of drug-likeness (QED) is 0.924. The fraction of sp³-hybridized carbons (Fsp3) is 0.692. The molecule has 1 heterocycles. The molecular weight excluding hydrogens is 294 g/mol. The Kier molecular flexibility index (Phi) is 4.95. The molecule has 100 valence electrons. The molecule has 0 atom stereocenters. The molecule has 2 rings (SSSR count). The Bertz CT molecular complexity index is 405. The fourth-order valence-electron chi connectivity index (χ4n) is 2.45. The molecule has 1 saturated carbocycles. The SMILES string of the molecule is CNc1nc(C2CCCCC2)nc(COC)c1Br. The smallest absolute Gasteiger partial charge is 0.144 e. The lowest BCUT2D eigenvalue weighted by molar-refractivity contribution is 0.180. The van der Waals surface area contributed by atoms with Gasteiger partial charge in [0.25, 0.3) is 0 Å². The second kappa shape index (κ2) is 6.48. The van der Waals surface area contributed by atoms with Crippen molar-refractivity contribution in [1.29, 1.82) is 0 Å². The van der Waals surface area contributed by atoms with Gasteiger partial charge in [-0.25, -0.2) is 9.97 Å². The van der Waals surface area contributed by atoms with Gasteiger partial charge in [-0.3, -0.25) is 0 Å². The Hall–Kier alpha value is -0.680. The molecular formula is C13H20BrN3O. The molecule has 0 aromatic carbocycles. The first-order chi connectivity index (χ1) is 8.76. The number of hydrogen-bond acceptors (Lipinski definition) is 4. The number of hydrogen-bond donors (Lipinski definition) is 1. The van der Waals surface area contributed by atoms with Gasteiger partial charge in [-0.05, 0) is 28.8 Å². The molecule has 0 radical (unpaired) electrons. The predicted molar refractivity (Wildman–Crippen MR) is 75.8 cm³/mol.